The van der Waals surface area contributed by atoms with Gasteiger partial charge in [0, 0.05) is 5.92 Å². The van der Waals surface area contributed by atoms with E-state index in [4.69, 9.17) is 15.6 Å². The summed E-state index contributed by atoms with van der Waals surface area (Å²) in [7, 11) is -3.76. The van der Waals surface area contributed by atoms with E-state index >= 15 is 0 Å². The molecule has 2 rings (SSSR count). The smallest absolute Gasteiger partial charge is 0.241 e. The van der Waals surface area contributed by atoms with Crippen LogP contribution in [0.25, 0.3) is 0 Å². The van der Waals surface area contributed by atoms with Gasteiger partial charge in [0.2, 0.25) is 10.0 Å². The van der Waals surface area contributed by atoms with Crippen LogP contribution in [0.5, 0.6) is 5.75 Å². The number of sulfonamides is 1. The van der Waals surface area contributed by atoms with Crippen molar-refractivity contribution in [2.24, 2.45) is 16.8 Å². The van der Waals surface area contributed by atoms with E-state index in [2.05, 4.69) is 0 Å². The van der Waals surface area contributed by atoms with Gasteiger partial charge in [0.15, 0.2) is 0 Å². The molecule has 0 bridgehead atoms. The number of ether oxygens (including phenoxy) is 1. The van der Waals surface area contributed by atoms with Gasteiger partial charge in [-0.15, -0.1) is 0 Å². The number of rotatable bonds is 4. The van der Waals surface area contributed by atoms with Crippen molar-refractivity contribution in [1.82, 2.24) is 0 Å². The summed E-state index contributed by atoms with van der Waals surface area (Å²) in [5.74, 6) is 0.609. The molecule has 0 heterocycles. The Balaban J connectivity index is 2.23. The summed E-state index contributed by atoms with van der Waals surface area (Å²) >= 11 is 0. The molecule has 1 aromatic carbocycles. The maximum Gasteiger partial charge on any atom is 0.241 e. The molecule has 106 valence electrons. The molecule has 1 aromatic rings. The van der Waals surface area contributed by atoms with Gasteiger partial charge in [-0.3, -0.25) is 0 Å². The van der Waals surface area contributed by atoms with Crippen molar-refractivity contribution in [3.05, 3.63) is 24.3 Å². The van der Waals surface area contributed by atoms with Crippen molar-refractivity contribution in [2.75, 3.05) is 6.54 Å². The number of nitrogens with two attached hydrogens (primary N) is 2. The van der Waals surface area contributed by atoms with E-state index in [1.54, 1.807) is 18.2 Å². The van der Waals surface area contributed by atoms with Crippen molar-refractivity contribution in [3.8, 4) is 5.75 Å². The zero-order valence-corrected chi connectivity index (χ0v) is 11.6. The van der Waals surface area contributed by atoms with Crippen LogP contribution in [0.2, 0.25) is 0 Å². The van der Waals surface area contributed by atoms with E-state index in [0.29, 0.717) is 12.3 Å². The van der Waals surface area contributed by atoms with Crippen LogP contribution >= 0.6 is 0 Å². The minimum absolute atomic E-state index is 0.0263. The molecule has 0 spiro atoms. The van der Waals surface area contributed by atoms with Gasteiger partial charge >= 0.3 is 0 Å². The van der Waals surface area contributed by atoms with Gasteiger partial charge in [-0.05, 0) is 37.9 Å². The van der Waals surface area contributed by atoms with Gasteiger partial charge < -0.3 is 10.5 Å². The quantitative estimate of drug-likeness (QED) is 0.869. The fourth-order valence-electron chi connectivity index (χ4n) is 2.54. The lowest BCUT2D eigenvalue weighted by molar-refractivity contribution is 0.0940. The van der Waals surface area contributed by atoms with Crippen molar-refractivity contribution >= 4 is 10.0 Å². The fraction of sp³-hybridized carbons (Fsp3) is 0.538. The second kappa shape index (κ2) is 5.90. The zero-order valence-electron chi connectivity index (χ0n) is 10.8. The molecule has 1 aliphatic rings. The third-order valence-corrected chi connectivity index (χ3v) is 4.53. The Labute approximate surface area is 114 Å². The number of benzene rings is 1. The number of hydrogen-bond donors (Lipinski definition) is 2. The molecule has 0 aromatic heterocycles. The maximum atomic E-state index is 11.5. The predicted molar refractivity (Wildman–Crippen MR) is 73.2 cm³/mol. The highest BCUT2D eigenvalue weighted by atomic mass is 32.2. The van der Waals surface area contributed by atoms with Crippen LogP contribution in [-0.4, -0.2) is 21.1 Å². The lowest BCUT2D eigenvalue weighted by Crippen LogP contribution is -2.35. The minimum atomic E-state index is -3.76. The highest BCUT2D eigenvalue weighted by molar-refractivity contribution is 7.89. The Hall–Kier alpha value is -1.11. The van der Waals surface area contributed by atoms with Crippen LogP contribution in [0.4, 0.5) is 0 Å². The van der Waals surface area contributed by atoms with E-state index < -0.39 is 10.0 Å². The van der Waals surface area contributed by atoms with Crippen molar-refractivity contribution in [1.29, 1.82) is 0 Å². The summed E-state index contributed by atoms with van der Waals surface area (Å²) in [5, 5.41) is 5.20. The van der Waals surface area contributed by atoms with Gasteiger partial charge in [0.25, 0.3) is 0 Å². The first-order valence-electron chi connectivity index (χ1n) is 6.51. The highest BCUT2D eigenvalue weighted by Crippen LogP contribution is 2.30. The molecular formula is C13H20N2O3S. The molecule has 2 atom stereocenters. The van der Waals surface area contributed by atoms with E-state index in [9.17, 15) is 8.42 Å². The molecule has 0 amide bonds. The van der Waals surface area contributed by atoms with E-state index in [1.165, 1.54) is 6.07 Å². The van der Waals surface area contributed by atoms with Gasteiger partial charge in [0.1, 0.15) is 16.7 Å². The van der Waals surface area contributed by atoms with Crippen LogP contribution in [0.1, 0.15) is 25.7 Å². The standard InChI is InChI=1S/C13H20N2O3S/c14-9-10-5-1-2-6-11(10)18-12-7-3-4-8-13(12)19(15,16)17/h3-4,7-8,10-11H,1-2,5-6,9,14H2,(H2,15,16,17). The number of primary sulfonamides is 1. The SMILES string of the molecule is NCC1CCCCC1Oc1ccccc1S(N)(=O)=O. The molecule has 6 heteroatoms. The summed E-state index contributed by atoms with van der Waals surface area (Å²) in [6.07, 6.45) is 4.14. The Morgan fingerprint density at radius 3 is 2.58 bits per heavy atom. The summed E-state index contributed by atoms with van der Waals surface area (Å²) in [4.78, 5) is 0.0383. The molecule has 0 saturated heterocycles. The van der Waals surface area contributed by atoms with Gasteiger partial charge in [-0.1, -0.05) is 18.6 Å². The molecule has 19 heavy (non-hydrogen) atoms. The van der Waals surface area contributed by atoms with E-state index in [0.717, 1.165) is 25.7 Å². The van der Waals surface area contributed by atoms with Gasteiger partial charge in [0.05, 0.1) is 0 Å². The van der Waals surface area contributed by atoms with Crippen LogP contribution < -0.4 is 15.6 Å². The predicted octanol–water partition coefficient (Wildman–Crippen LogP) is 1.23. The van der Waals surface area contributed by atoms with Crippen molar-refractivity contribution in [3.63, 3.8) is 0 Å². The monoisotopic (exact) mass is 284 g/mol. The Bertz CT molecular complexity index is 530. The van der Waals surface area contributed by atoms with Crippen LogP contribution in [0.3, 0.4) is 0 Å². The first kappa shape index (κ1) is 14.3. The molecule has 0 radical (unpaired) electrons. The van der Waals surface area contributed by atoms with Crippen molar-refractivity contribution in [2.45, 2.75) is 36.7 Å². The summed E-state index contributed by atoms with van der Waals surface area (Å²) < 4.78 is 28.9. The Morgan fingerprint density at radius 2 is 1.89 bits per heavy atom. The second-order valence-corrected chi connectivity index (χ2v) is 6.46. The van der Waals surface area contributed by atoms with Crippen molar-refractivity contribution < 1.29 is 13.2 Å². The molecule has 5 nitrogen and oxygen atoms in total. The summed E-state index contributed by atoms with van der Waals surface area (Å²) in [6.45, 7) is 0.558. The highest BCUT2D eigenvalue weighted by Gasteiger charge is 2.27. The molecular weight excluding hydrogens is 264 g/mol. The lowest BCUT2D eigenvalue weighted by Gasteiger charge is -2.31. The maximum absolute atomic E-state index is 11.5. The summed E-state index contributed by atoms with van der Waals surface area (Å²) in [5.41, 5.74) is 5.75. The van der Waals surface area contributed by atoms with Gasteiger partial charge in [-0.25, -0.2) is 13.6 Å². The third-order valence-electron chi connectivity index (χ3n) is 3.58. The van der Waals surface area contributed by atoms with Crippen LogP contribution in [0, 0.1) is 5.92 Å². The molecule has 4 N–H and O–H groups in total. The van der Waals surface area contributed by atoms with Crippen LogP contribution in [-0.2, 0) is 10.0 Å². The largest absolute Gasteiger partial charge is 0.489 e. The fourth-order valence-corrected chi connectivity index (χ4v) is 3.21. The minimum Gasteiger partial charge on any atom is -0.489 e. The van der Waals surface area contributed by atoms with E-state index in [-0.39, 0.29) is 16.9 Å². The zero-order chi connectivity index (χ0) is 13.9. The molecule has 1 aliphatic carbocycles. The first-order chi connectivity index (χ1) is 9.02. The number of hydrogen-bond acceptors (Lipinski definition) is 4. The van der Waals surface area contributed by atoms with Crippen LogP contribution in [0.15, 0.2) is 29.2 Å². The number of para-hydroxylation sites is 1. The Kier molecular flexibility index (Phi) is 4.44. The lowest BCUT2D eigenvalue weighted by atomic mass is 9.86. The molecule has 1 saturated carbocycles. The second-order valence-electron chi connectivity index (χ2n) is 4.93. The first-order valence-corrected chi connectivity index (χ1v) is 8.05. The topological polar surface area (TPSA) is 95.4 Å². The van der Waals surface area contributed by atoms with Gasteiger partial charge in [-0.2, -0.15) is 0 Å². The average Bonchev–Trinajstić information content (AvgIpc) is 2.39. The normalized spacial score (nSPS) is 24.1. The van der Waals surface area contributed by atoms with E-state index in [1.807, 2.05) is 0 Å². The average molecular weight is 284 g/mol. The third kappa shape index (κ3) is 3.46. The molecule has 1 fully saturated rings. The molecule has 2 unspecified atom stereocenters. The molecule has 0 aliphatic heterocycles. The Morgan fingerprint density at radius 1 is 1.21 bits per heavy atom. The summed E-state index contributed by atoms with van der Waals surface area (Å²) in [6, 6.07) is 6.48.